The van der Waals surface area contributed by atoms with Crippen molar-refractivity contribution in [3.05, 3.63) is 66.5 Å². The van der Waals surface area contributed by atoms with E-state index in [4.69, 9.17) is 9.47 Å². The molecule has 1 unspecified atom stereocenters. The Morgan fingerprint density at radius 3 is 2.79 bits per heavy atom. The highest BCUT2D eigenvalue weighted by Crippen LogP contribution is 2.30. The van der Waals surface area contributed by atoms with Crippen LogP contribution in [0, 0.1) is 0 Å². The highest BCUT2D eigenvalue weighted by Gasteiger charge is 2.38. The van der Waals surface area contributed by atoms with E-state index < -0.39 is 12.3 Å². The van der Waals surface area contributed by atoms with E-state index in [0.717, 1.165) is 11.1 Å². The lowest BCUT2D eigenvalue weighted by atomic mass is 10.1. The van der Waals surface area contributed by atoms with Crippen LogP contribution in [0.15, 0.2) is 71.5 Å². The average molecular weight is 321 g/mol. The van der Waals surface area contributed by atoms with Gasteiger partial charge in [0.1, 0.15) is 11.4 Å². The first-order valence-electron chi connectivity index (χ1n) is 7.56. The summed E-state index contributed by atoms with van der Waals surface area (Å²) in [6, 6.07) is 17.7. The summed E-state index contributed by atoms with van der Waals surface area (Å²) in [6.07, 6.45) is 2.14. The van der Waals surface area contributed by atoms with Crippen LogP contribution in [0.2, 0.25) is 0 Å². The maximum Gasteiger partial charge on any atom is 0.419 e. The molecule has 2 aromatic rings. The number of nitrogens with one attached hydrogen (secondary N) is 1. The maximum absolute atomic E-state index is 12.0. The van der Waals surface area contributed by atoms with Gasteiger partial charge in [0.25, 0.3) is 0 Å². The Bertz CT molecular complexity index is 817. The van der Waals surface area contributed by atoms with Gasteiger partial charge >= 0.3 is 6.09 Å². The molecule has 0 radical (unpaired) electrons. The molecule has 1 saturated heterocycles. The number of ether oxygens (including phenoxy) is 2. The molecular weight excluding hydrogens is 306 g/mol. The number of fused-ring (bicyclic) bond motifs is 1. The van der Waals surface area contributed by atoms with E-state index in [1.807, 2.05) is 54.6 Å². The molecule has 0 bridgehead atoms. The van der Waals surface area contributed by atoms with Gasteiger partial charge in [0.2, 0.25) is 6.23 Å². The highest BCUT2D eigenvalue weighted by atomic mass is 16.6. The lowest BCUT2D eigenvalue weighted by Gasteiger charge is -2.19. The molecule has 1 fully saturated rings. The molecule has 0 spiro atoms. The van der Waals surface area contributed by atoms with E-state index in [2.05, 4.69) is 10.3 Å². The number of amides is 1. The number of rotatable bonds is 4. The molecule has 2 heterocycles. The minimum absolute atomic E-state index is 0.0578. The van der Waals surface area contributed by atoms with Crippen LogP contribution in [0.5, 0.6) is 5.75 Å². The fourth-order valence-electron chi connectivity index (χ4n) is 2.66. The quantitative estimate of drug-likeness (QED) is 0.940. The van der Waals surface area contributed by atoms with Crippen molar-refractivity contribution in [2.45, 2.75) is 6.23 Å². The van der Waals surface area contributed by atoms with Crippen LogP contribution >= 0.6 is 0 Å². The first-order chi connectivity index (χ1) is 11.8. The topological polar surface area (TPSA) is 63.2 Å². The molecule has 6 heteroatoms. The number of benzene rings is 2. The number of carbonyl (C=O) groups excluding carboxylic acids is 1. The molecule has 6 nitrogen and oxygen atoms in total. The van der Waals surface area contributed by atoms with Crippen molar-refractivity contribution in [1.29, 1.82) is 0 Å². The van der Waals surface area contributed by atoms with Crippen LogP contribution in [0.3, 0.4) is 0 Å². The van der Waals surface area contributed by atoms with Crippen molar-refractivity contribution in [1.82, 2.24) is 10.2 Å². The first kappa shape index (κ1) is 14.3. The summed E-state index contributed by atoms with van der Waals surface area (Å²) in [5, 5.41) is 2.88. The number of nitrogens with zero attached hydrogens (tertiary/aromatic N) is 2. The standard InChI is InChI=1S/C18H15N3O3/c22-18-21(15-10-19-11-20-17(15)24-18)12-23-16-9-5-4-8-14(16)13-6-2-1-3-7-13/h1-11,17H,12H2,(H,19,20). The van der Waals surface area contributed by atoms with Crippen molar-refractivity contribution in [3.8, 4) is 16.9 Å². The van der Waals surface area contributed by atoms with Crippen molar-refractivity contribution in [2.75, 3.05) is 6.73 Å². The average Bonchev–Trinajstić information content (AvgIpc) is 2.96. The smallest absolute Gasteiger partial charge is 0.419 e. The molecule has 2 aromatic carbocycles. The van der Waals surface area contributed by atoms with Gasteiger partial charge in [0, 0.05) is 5.56 Å². The fraction of sp³-hybridized carbons (Fsp3) is 0.111. The van der Waals surface area contributed by atoms with Crippen LogP contribution < -0.4 is 10.1 Å². The number of hydrogen-bond acceptors (Lipinski definition) is 5. The normalized spacial score (nSPS) is 18.5. The highest BCUT2D eigenvalue weighted by molar-refractivity contribution is 5.76. The molecule has 4 rings (SSSR count). The molecule has 1 atom stereocenters. The zero-order valence-corrected chi connectivity index (χ0v) is 12.8. The lowest BCUT2D eigenvalue weighted by molar-refractivity contribution is 0.116. The van der Waals surface area contributed by atoms with Crippen LogP contribution in [0.1, 0.15) is 0 Å². The number of carbonyl (C=O) groups is 1. The maximum atomic E-state index is 12.0. The first-order valence-corrected chi connectivity index (χ1v) is 7.56. The van der Waals surface area contributed by atoms with Gasteiger partial charge in [0.05, 0.1) is 12.5 Å². The summed E-state index contributed by atoms with van der Waals surface area (Å²) in [6.45, 7) is 0.0578. The summed E-state index contributed by atoms with van der Waals surface area (Å²) in [7, 11) is 0. The number of hydrogen-bond donors (Lipinski definition) is 1. The molecule has 1 N–H and O–H groups in total. The molecule has 0 saturated carbocycles. The largest absolute Gasteiger partial charge is 0.472 e. The SMILES string of the molecule is O=C1OC2NC=NC=C2N1COc1ccccc1-c1ccccc1. The molecule has 120 valence electrons. The van der Waals surface area contributed by atoms with Gasteiger partial charge in [-0.15, -0.1) is 0 Å². The fourth-order valence-corrected chi connectivity index (χ4v) is 2.66. The monoisotopic (exact) mass is 321 g/mol. The Kier molecular flexibility index (Phi) is 3.63. The molecule has 1 amide bonds. The predicted molar refractivity (Wildman–Crippen MR) is 89.2 cm³/mol. The van der Waals surface area contributed by atoms with Crippen molar-refractivity contribution >= 4 is 12.4 Å². The zero-order valence-electron chi connectivity index (χ0n) is 12.8. The third kappa shape index (κ3) is 2.58. The molecule has 2 aliphatic rings. The third-order valence-electron chi connectivity index (χ3n) is 3.85. The van der Waals surface area contributed by atoms with Gasteiger partial charge in [-0.1, -0.05) is 48.5 Å². The van der Waals surface area contributed by atoms with Gasteiger partial charge in [-0.3, -0.25) is 0 Å². The second kappa shape index (κ2) is 6.08. The molecule has 2 aliphatic heterocycles. The van der Waals surface area contributed by atoms with Crippen LogP contribution in [-0.2, 0) is 4.74 Å². The molecule has 0 aromatic heterocycles. The number of aliphatic imine (C=N–C) groups is 1. The minimum Gasteiger partial charge on any atom is -0.472 e. The summed E-state index contributed by atoms with van der Waals surface area (Å²) >= 11 is 0. The minimum atomic E-state index is -0.497. The molecule has 24 heavy (non-hydrogen) atoms. The van der Waals surface area contributed by atoms with Gasteiger partial charge in [-0.2, -0.15) is 0 Å². The molecule has 0 aliphatic carbocycles. The van der Waals surface area contributed by atoms with Crippen LogP contribution in [0.4, 0.5) is 4.79 Å². The summed E-state index contributed by atoms with van der Waals surface area (Å²) < 4.78 is 11.1. The van der Waals surface area contributed by atoms with Crippen molar-refractivity contribution in [2.24, 2.45) is 4.99 Å². The van der Waals surface area contributed by atoms with Gasteiger partial charge < -0.3 is 14.8 Å². The van der Waals surface area contributed by atoms with Gasteiger partial charge in [-0.25, -0.2) is 14.7 Å². The zero-order chi connectivity index (χ0) is 16.4. The predicted octanol–water partition coefficient (Wildman–Crippen LogP) is 2.94. The third-order valence-corrected chi connectivity index (χ3v) is 3.85. The second-order valence-electron chi connectivity index (χ2n) is 5.33. The Hall–Kier alpha value is -3.28. The summed E-state index contributed by atoms with van der Waals surface area (Å²) in [5.41, 5.74) is 2.66. The van der Waals surface area contributed by atoms with E-state index >= 15 is 0 Å². The summed E-state index contributed by atoms with van der Waals surface area (Å²) in [5.74, 6) is 0.702. The van der Waals surface area contributed by atoms with Crippen molar-refractivity contribution < 1.29 is 14.3 Å². The van der Waals surface area contributed by atoms with E-state index in [0.29, 0.717) is 11.4 Å². The Morgan fingerprint density at radius 1 is 1.12 bits per heavy atom. The van der Waals surface area contributed by atoms with Gasteiger partial charge in [-0.05, 0) is 11.6 Å². The molecular formula is C18H15N3O3. The van der Waals surface area contributed by atoms with E-state index in [1.54, 1.807) is 6.20 Å². The number of para-hydroxylation sites is 1. The summed E-state index contributed by atoms with van der Waals surface area (Å²) in [4.78, 5) is 17.4. The Labute approximate surface area is 139 Å². The van der Waals surface area contributed by atoms with Crippen molar-refractivity contribution in [3.63, 3.8) is 0 Å². The van der Waals surface area contributed by atoms with E-state index in [1.165, 1.54) is 11.2 Å². The van der Waals surface area contributed by atoms with Gasteiger partial charge in [0.15, 0.2) is 6.73 Å². The van der Waals surface area contributed by atoms with Crippen LogP contribution in [0.25, 0.3) is 11.1 Å². The Morgan fingerprint density at radius 2 is 1.92 bits per heavy atom. The van der Waals surface area contributed by atoms with E-state index in [9.17, 15) is 4.79 Å². The second-order valence-corrected chi connectivity index (χ2v) is 5.33. The van der Waals surface area contributed by atoms with Crippen LogP contribution in [-0.4, -0.2) is 30.3 Å². The Balaban J connectivity index is 1.56. The lowest BCUT2D eigenvalue weighted by Crippen LogP contribution is -2.34. The van der Waals surface area contributed by atoms with E-state index in [-0.39, 0.29) is 6.73 Å².